The molecule has 0 N–H and O–H groups in total. The maximum Gasteiger partial charge on any atom is 0.119 e. The average Bonchev–Trinajstić information content (AvgIpc) is 2.69. The third kappa shape index (κ3) is 2.44. The molecule has 0 saturated heterocycles. The number of rotatable bonds is 4. The first-order valence-corrected chi connectivity index (χ1v) is 5.70. The Kier molecular flexibility index (Phi) is 2.42. The van der Waals surface area contributed by atoms with Crippen molar-refractivity contribution in [3.8, 4) is 5.75 Å². The van der Waals surface area contributed by atoms with Gasteiger partial charge in [0.15, 0.2) is 0 Å². The van der Waals surface area contributed by atoms with E-state index in [1.807, 2.05) is 18.3 Å². The van der Waals surface area contributed by atoms with Crippen molar-refractivity contribution < 1.29 is 8.85 Å². The van der Waals surface area contributed by atoms with E-state index in [-0.39, 0.29) is 0 Å². The summed E-state index contributed by atoms with van der Waals surface area (Å²) in [6.45, 7) is 3.05. The van der Waals surface area contributed by atoms with E-state index in [0.29, 0.717) is 11.8 Å². The van der Waals surface area contributed by atoms with Gasteiger partial charge in [0.2, 0.25) is 0 Å². The topological polar surface area (TPSA) is 17.4 Å². The van der Waals surface area contributed by atoms with Gasteiger partial charge in [-0.05, 0) is 45.3 Å². The minimum atomic E-state index is -2.41. The molecule has 92 valence electrons. The number of hydrogen-bond acceptors (Lipinski definition) is 2. The normalized spacial score (nSPS) is 16.6. The van der Waals surface area contributed by atoms with Gasteiger partial charge in [0.05, 0.1) is 11.2 Å². The van der Waals surface area contributed by atoms with Crippen LogP contribution < -0.4 is 4.74 Å². The Hall–Kier alpha value is -1.48. The molecule has 3 nitrogen and oxygen atoms in total. The third-order valence-electron chi connectivity index (χ3n) is 3.20. The quantitative estimate of drug-likeness (QED) is 0.810. The van der Waals surface area contributed by atoms with Crippen LogP contribution in [0.25, 0.3) is 10.9 Å². The van der Waals surface area contributed by atoms with Gasteiger partial charge in [-0.1, -0.05) is 0 Å². The third-order valence-corrected chi connectivity index (χ3v) is 3.20. The van der Waals surface area contributed by atoms with E-state index >= 15 is 0 Å². The molecule has 0 amide bonds. The molecule has 0 spiro atoms. The van der Waals surface area contributed by atoms with Gasteiger partial charge in [0.1, 0.15) is 5.75 Å². The first-order valence-electron chi connectivity index (χ1n) is 7.20. The SMILES string of the molecule is [2H]C([2H])([2H])Oc1ccc2c(ccn2C[C@@H](C)N(C)C)c1. The second-order valence-electron chi connectivity index (χ2n) is 4.60. The molecule has 2 rings (SSSR count). The van der Waals surface area contributed by atoms with E-state index in [0.717, 1.165) is 17.4 Å². The Morgan fingerprint density at radius 2 is 2.24 bits per heavy atom. The standard InChI is InChI=1S/C14H20N2O/c1-11(15(2)3)10-16-8-7-12-9-13(17-4)5-6-14(12)16/h5-9,11H,10H2,1-4H3/t11-/m1/s1/i4D3. The van der Waals surface area contributed by atoms with Gasteiger partial charge in [0, 0.05) is 29.7 Å². The van der Waals surface area contributed by atoms with Crippen LogP contribution in [0.5, 0.6) is 5.75 Å². The lowest BCUT2D eigenvalue weighted by Gasteiger charge is -2.20. The first-order chi connectivity index (χ1) is 9.26. The van der Waals surface area contributed by atoms with E-state index in [1.54, 1.807) is 12.1 Å². The molecule has 1 aromatic heterocycles. The molecule has 1 atom stereocenters. The highest BCUT2D eigenvalue weighted by Crippen LogP contribution is 2.22. The number of hydrogen-bond donors (Lipinski definition) is 0. The molecule has 2 aromatic rings. The molecule has 3 heteroatoms. The zero-order valence-electron chi connectivity index (χ0n) is 13.5. The van der Waals surface area contributed by atoms with Crippen molar-refractivity contribution in [2.45, 2.75) is 19.5 Å². The summed E-state index contributed by atoms with van der Waals surface area (Å²) in [7, 11) is 1.70. The maximum atomic E-state index is 7.12. The maximum absolute atomic E-state index is 7.12. The van der Waals surface area contributed by atoms with E-state index in [1.165, 1.54) is 0 Å². The van der Waals surface area contributed by atoms with Gasteiger partial charge in [0.25, 0.3) is 0 Å². The molecule has 0 aliphatic rings. The highest BCUT2D eigenvalue weighted by atomic mass is 16.5. The number of likely N-dealkylation sites (N-methyl/N-ethyl adjacent to an activating group) is 1. The fraction of sp³-hybridized carbons (Fsp3) is 0.429. The molecule has 0 saturated carbocycles. The minimum Gasteiger partial charge on any atom is -0.497 e. The van der Waals surface area contributed by atoms with Gasteiger partial charge in [-0.2, -0.15) is 0 Å². The van der Waals surface area contributed by atoms with Gasteiger partial charge in [-0.3, -0.25) is 0 Å². The predicted octanol–water partition coefficient (Wildman–Crippen LogP) is 2.60. The lowest BCUT2D eigenvalue weighted by molar-refractivity contribution is 0.286. The summed E-state index contributed by atoms with van der Waals surface area (Å²) in [5, 5.41) is 0.984. The van der Waals surface area contributed by atoms with Crippen molar-refractivity contribution in [1.29, 1.82) is 0 Å². The van der Waals surface area contributed by atoms with E-state index in [9.17, 15) is 0 Å². The molecule has 0 aliphatic heterocycles. The molecule has 1 aromatic carbocycles. The summed E-state index contributed by atoms with van der Waals surface area (Å²) in [4.78, 5) is 2.16. The van der Waals surface area contributed by atoms with Crippen LogP contribution in [0.15, 0.2) is 30.5 Å². The Bertz CT molecular complexity index is 590. The van der Waals surface area contributed by atoms with Crippen LogP contribution in [0.3, 0.4) is 0 Å². The first kappa shape index (κ1) is 8.59. The predicted molar refractivity (Wildman–Crippen MR) is 71.6 cm³/mol. The fourth-order valence-electron chi connectivity index (χ4n) is 1.85. The molecule has 0 unspecified atom stereocenters. The van der Waals surface area contributed by atoms with Crippen LogP contribution in [0.4, 0.5) is 0 Å². The molecule has 0 aliphatic carbocycles. The second-order valence-corrected chi connectivity index (χ2v) is 4.60. The van der Waals surface area contributed by atoms with Crippen LogP contribution in [-0.2, 0) is 6.54 Å². The molecule has 17 heavy (non-hydrogen) atoms. The zero-order valence-corrected chi connectivity index (χ0v) is 10.5. The number of fused-ring (bicyclic) bond motifs is 1. The number of benzene rings is 1. The summed E-state index contributed by atoms with van der Waals surface area (Å²) in [5.41, 5.74) is 1.08. The summed E-state index contributed by atoms with van der Waals surface area (Å²) in [6, 6.07) is 7.76. The van der Waals surface area contributed by atoms with Gasteiger partial charge >= 0.3 is 0 Å². The van der Waals surface area contributed by atoms with Crippen molar-refractivity contribution >= 4 is 10.9 Å². The monoisotopic (exact) mass is 235 g/mol. The van der Waals surface area contributed by atoms with Crippen molar-refractivity contribution in [3.63, 3.8) is 0 Å². The Labute approximate surface area is 107 Å². The summed E-state index contributed by atoms with van der Waals surface area (Å²) < 4.78 is 28.5. The van der Waals surface area contributed by atoms with E-state index in [4.69, 9.17) is 8.85 Å². The van der Waals surface area contributed by atoms with Crippen LogP contribution in [0, 0.1) is 0 Å². The zero-order chi connectivity index (χ0) is 14.9. The lowest BCUT2D eigenvalue weighted by atomic mass is 10.2. The molecule has 0 radical (unpaired) electrons. The number of aromatic nitrogens is 1. The highest BCUT2D eigenvalue weighted by molar-refractivity contribution is 5.81. The summed E-state index contributed by atoms with van der Waals surface area (Å²) >= 11 is 0. The molecule has 0 fully saturated rings. The Morgan fingerprint density at radius 3 is 2.94 bits per heavy atom. The Morgan fingerprint density at radius 1 is 1.41 bits per heavy atom. The number of ether oxygens (including phenoxy) is 1. The summed E-state index contributed by atoms with van der Waals surface area (Å²) in [5.74, 6) is 0.371. The van der Waals surface area contributed by atoms with Crippen molar-refractivity contribution in [2.75, 3.05) is 21.1 Å². The van der Waals surface area contributed by atoms with Crippen LogP contribution in [0.1, 0.15) is 11.0 Å². The van der Waals surface area contributed by atoms with Crippen molar-refractivity contribution in [3.05, 3.63) is 30.5 Å². The van der Waals surface area contributed by atoms with Crippen LogP contribution in [-0.4, -0.2) is 36.6 Å². The molecular formula is C14H20N2O. The second kappa shape index (κ2) is 4.80. The Balaban J connectivity index is 2.25. The largest absolute Gasteiger partial charge is 0.497 e. The van der Waals surface area contributed by atoms with Crippen LogP contribution >= 0.6 is 0 Å². The minimum absolute atomic E-state index is 0.371. The van der Waals surface area contributed by atoms with Crippen LogP contribution in [0.2, 0.25) is 0 Å². The van der Waals surface area contributed by atoms with E-state index < -0.39 is 7.04 Å². The molecular weight excluding hydrogens is 212 g/mol. The van der Waals surface area contributed by atoms with E-state index in [2.05, 4.69) is 30.5 Å². The average molecular weight is 235 g/mol. The lowest BCUT2D eigenvalue weighted by Crippen LogP contribution is -2.28. The summed E-state index contributed by atoms with van der Waals surface area (Å²) in [6.07, 6.45) is 2.02. The van der Waals surface area contributed by atoms with Gasteiger partial charge in [-0.25, -0.2) is 0 Å². The highest BCUT2D eigenvalue weighted by Gasteiger charge is 2.08. The van der Waals surface area contributed by atoms with Gasteiger partial charge < -0.3 is 14.2 Å². The molecule has 1 heterocycles. The van der Waals surface area contributed by atoms with Gasteiger partial charge in [-0.15, -0.1) is 0 Å². The fourth-order valence-corrected chi connectivity index (χ4v) is 1.85. The smallest absolute Gasteiger partial charge is 0.119 e. The number of nitrogens with zero attached hydrogens (tertiary/aromatic N) is 2. The molecule has 0 bridgehead atoms. The number of methoxy groups -OCH3 is 1. The van der Waals surface area contributed by atoms with Crippen molar-refractivity contribution in [1.82, 2.24) is 9.47 Å². The van der Waals surface area contributed by atoms with Crippen molar-refractivity contribution in [2.24, 2.45) is 0 Å².